The molecule has 6 aromatic rings. The van der Waals surface area contributed by atoms with E-state index in [0.29, 0.717) is 11.4 Å². The molecule has 0 saturated heterocycles. The predicted octanol–water partition coefficient (Wildman–Crippen LogP) is 12.0. The van der Waals surface area contributed by atoms with Crippen molar-refractivity contribution in [3.63, 3.8) is 0 Å². The number of thiophene rings is 1. The van der Waals surface area contributed by atoms with E-state index in [1.165, 1.54) is 20.2 Å². The molecular formula is C44H38N2S. The molecule has 2 nitrogen and oxygen atoms in total. The van der Waals surface area contributed by atoms with Crippen LogP contribution in [0.3, 0.4) is 0 Å². The normalized spacial score (nSPS) is 12.9. The van der Waals surface area contributed by atoms with Gasteiger partial charge in [-0.2, -0.15) is 0 Å². The lowest BCUT2D eigenvalue weighted by Gasteiger charge is -2.15. The Labute approximate surface area is 282 Å². The number of nitrogens with two attached hydrogens (primary N) is 1. The van der Waals surface area contributed by atoms with Gasteiger partial charge in [0.1, 0.15) is 0 Å². The number of aryl methyl sites for hydroxylation is 1. The van der Waals surface area contributed by atoms with Gasteiger partial charge in [-0.05, 0) is 90.6 Å². The van der Waals surface area contributed by atoms with Gasteiger partial charge in [0, 0.05) is 42.6 Å². The molecule has 0 unspecified atom stereocenters. The van der Waals surface area contributed by atoms with E-state index in [1.54, 1.807) is 6.08 Å². The van der Waals surface area contributed by atoms with Crippen LogP contribution in [-0.2, 0) is 0 Å². The van der Waals surface area contributed by atoms with Crippen LogP contribution >= 0.6 is 11.3 Å². The van der Waals surface area contributed by atoms with Gasteiger partial charge in [0.25, 0.3) is 0 Å². The summed E-state index contributed by atoms with van der Waals surface area (Å²) < 4.78 is 2.58. The number of allylic oxidation sites excluding steroid dienone is 6. The van der Waals surface area contributed by atoms with Crippen LogP contribution in [0.15, 0.2) is 163 Å². The summed E-state index contributed by atoms with van der Waals surface area (Å²) in [5, 5.41) is 2.55. The van der Waals surface area contributed by atoms with E-state index in [1.807, 2.05) is 60.7 Å². The van der Waals surface area contributed by atoms with Crippen LogP contribution in [-0.4, -0.2) is 5.71 Å². The molecule has 0 aliphatic rings. The molecule has 0 saturated carbocycles. The van der Waals surface area contributed by atoms with Gasteiger partial charge in [0.2, 0.25) is 0 Å². The van der Waals surface area contributed by atoms with E-state index >= 15 is 0 Å². The molecule has 3 heteroatoms. The maximum atomic E-state index is 6.84. The Bertz CT molecular complexity index is 2260. The molecule has 5 aromatic carbocycles. The zero-order valence-corrected chi connectivity index (χ0v) is 27.9. The SMILES string of the molecule is C=C/C=C\C=C(/C)c1cc(C(=C)N=C(/C(C)=C(\N)c2ccccc2C)c2ccccc2)cc(-c2ccc3sc4ccccc4c3c2)c1. The summed E-state index contributed by atoms with van der Waals surface area (Å²) in [6, 6.07) is 40.4. The highest BCUT2D eigenvalue weighted by Gasteiger charge is 2.15. The second-order valence-corrected chi connectivity index (χ2v) is 12.8. The van der Waals surface area contributed by atoms with E-state index < -0.39 is 0 Å². The molecule has 0 aliphatic carbocycles. The first-order valence-corrected chi connectivity index (χ1v) is 16.5. The molecule has 0 radical (unpaired) electrons. The highest BCUT2D eigenvalue weighted by molar-refractivity contribution is 7.25. The first kappa shape index (κ1) is 31.5. The largest absolute Gasteiger partial charge is 0.398 e. The lowest BCUT2D eigenvalue weighted by Crippen LogP contribution is -2.11. The average molecular weight is 627 g/mol. The third-order valence-corrected chi connectivity index (χ3v) is 9.67. The van der Waals surface area contributed by atoms with Gasteiger partial charge in [-0.1, -0.05) is 116 Å². The molecule has 0 aliphatic heterocycles. The number of fused-ring (bicyclic) bond motifs is 3. The second kappa shape index (κ2) is 13.9. The van der Waals surface area contributed by atoms with E-state index in [0.717, 1.165) is 55.8 Å². The van der Waals surface area contributed by atoms with Gasteiger partial charge < -0.3 is 5.73 Å². The second-order valence-electron chi connectivity index (χ2n) is 11.7. The Hall–Kier alpha value is -5.51. The summed E-state index contributed by atoms with van der Waals surface area (Å²) >= 11 is 1.83. The van der Waals surface area contributed by atoms with Gasteiger partial charge in [-0.3, -0.25) is 0 Å². The standard InChI is InChI=1S/C44H38N2S/c1-6-7-9-16-29(2)35-25-36(27-37(26-35)34-23-24-42-40(28-34)39-21-14-15-22-41(39)47-42)32(5)46-44(33-18-10-8-11-19-33)31(4)43(45)38-20-13-12-17-30(38)3/h6-28H,1,5,45H2,2-4H3/b9-7-,29-16+,43-31-,46-44?. The summed E-state index contributed by atoms with van der Waals surface area (Å²) in [6.45, 7) is 14.6. The van der Waals surface area contributed by atoms with Crippen LogP contribution in [0.1, 0.15) is 41.7 Å². The molecule has 0 spiro atoms. The van der Waals surface area contributed by atoms with E-state index in [9.17, 15) is 0 Å². The van der Waals surface area contributed by atoms with Gasteiger partial charge in [-0.25, -0.2) is 4.99 Å². The van der Waals surface area contributed by atoms with Crippen molar-refractivity contribution >= 4 is 54.2 Å². The molecule has 0 fully saturated rings. The highest BCUT2D eigenvalue weighted by atomic mass is 32.1. The minimum absolute atomic E-state index is 0.667. The van der Waals surface area contributed by atoms with Gasteiger partial charge in [0.05, 0.1) is 11.4 Å². The summed E-state index contributed by atoms with van der Waals surface area (Å²) in [4.78, 5) is 5.23. The average Bonchev–Trinajstić information content (AvgIpc) is 3.48. The van der Waals surface area contributed by atoms with Crippen LogP contribution in [0.25, 0.3) is 48.3 Å². The molecule has 6 rings (SSSR count). The van der Waals surface area contributed by atoms with Crippen molar-refractivity contribution < 1.29 is 0 Å². The fourth-order valence-electron chi connectivity index (χ4n) is 5.83. The van der Waals surface area contributed by atoms with E-state index in [4.69, 9.17) is 10.7 Å². The summed E-state index contributed by atoms with van der Waals surface area (Å²) in [6.07, 6.45) is 7.85. The predicted molar refractivity (Wildman–Crippen MR) is 208 cm³/mol. The van der Waals surface area contributed by atoms with Crippen molar-refractivity contribution in [3.8, 4) is 11.1 Å². The number of hydrogen-bond acceptors (Lipinski definition) is 3. The Balaban J connectivity index is 1.51. The zero-order chi connectivity index (χ0) is 32.9. The lowest BCUT2D eigenvalue weighted by molar-refractivity contribution is 1.36. The Morgan fingerprint density at radius 3 is 2.19 bits per heavy atom. The topological polar surface area (TPSA) is 38.4 Å². The minimum Gasteiger partial charge on any atom is -0.398 e. The van der Waals surface area contributed by atoms with Crippen LogP contribution < -0.4 is 5.73 Å². The van der Waals surface area contributed by atoms with Gasteiger partial charge in [0.15, 0.2) is 0 Å². The molecule has 47 heavy (non-hydrogen) atoms. The van der Waals surface area contributed by atoms with Crippen molar-refractivity contribution in [1.82, 2.24) is 0 Å². The number of nitrogens with zero attached hydrogens (tertiary/aromatic N) is 1. The molecule has 0 bridgehead atoms. The summed E-state index contributed by atoms with van der Waals surface area (Å²) in [5.74, 6) is 0. The van der Waals surface area contributed by atoms with Crippen molar-refractivity contribution in [2.45, 2.75) is 20.8 Å². The smallest absolute Gasteiger partial charge is 0.0759 e. The van der Waals surface area contributed by atoms with Crippen molar-refractivity contribution in [3.05, 3.63) is 186 Å². The first-order valence-electron chi connectivity index (χ1n) is 15.7. The fraction of sp³-hybridized carbons (Fsp3) is 0.0682. The number of benzene rings is 5. The quantitative estimate of drug-likeness (QED) is 0.126. The van der Waals surface area contributed by atoms with Crippen LogP contribution in [0.2, 0.25) is 0 Å². The number of aliphatic imine (C=N–C) groups is 1. The highest BCUT2D eigenvalue weighted by Crippen LogP contribution is 2.37. The van der Waals surface area contributed by atoms with Crippen molar-refractivity contribution in [1.29, 1.82) is 0 Å². The Kier molecular flexibility index (Phi) is 9.28. The maximum absolute atomic E-state index is 6.84. The first-order chi connectivity index (χ1) is 22.8. The third-order valence-electron chi connectivity index (χ3n) is 8.51. The molecule has 0 atom stereocenters. The summed E-state index contributed by atoms with van der Waals surface area (Å²) in [5.41, 5.74) is 18.5. The Morgan fingerprint density at radius 2 is 1.40 bits per heavy atom. The molecule has 1 aromatic heterocycles. The van der Waals surface area contributed by atoms with Crippen molar-refractivity contribution in [2.75, 3.05) is 0 Å². The minimum atomic E-state index is 0.667. The molecule has 1 heterocycles. The molecule has 230 valence electrons. The van der Waals surface area contributed by atoms with Crippen LogP contribution in [0.5, 0.6) is 0 Å². The molecule has 0 amide bonds. The van der Waals surface area contributed by atoms with Crippen molar-refractivity contribution in [2.24, 2.45) is 10.7 Å². The van der Waals surface area contributed by atoms with Gasteiger partial charge >= 0.3 is 0 Å². The van der Waals surface area contributed by atoms with Crippen LogP contribution in [0.4, 0.5) is 0 Å². The number of rotatable bonds is 9. The molecule has 2 N–H and O–H groups in total. The lowest BCUT2D eigenvalue weighted by atomic mass is 9.94. The Morgan fingerprint density at radius 1 is 0.702 bits per heavy atom. The monoisotopic (exact) mass is 626 g/mol. The summed E-state index contributed by atoms with van der Waals surface area (Å²) in [7, 11) is 0. The van der Waals surface area contributed by atoms with Gasteiger partial charge in [-0.15, -0.1) is 11.3 Å². The maximum Gasteiger partial charge on any atom is 0.0759 e. The van der Waals surface area contributed by atoms with E-state index in [2.05, 4.69) is 118 Å². The van der Waals surface area contributed by atoms with Crippen LogP contribution in [0, 0.1) is 6.92 Å². The fourth-order valence-corrected chi connectivity index (χ4v) is 6.92. The number of hydrogen-bond donors (Lipinski definition) is 1. The molecular weight excluding hydrogens is 589 g/mol. The zero-order valence-electron chi connectivity index (χ0n) is 27.1. The van der Waals surface area contributed by atoms with E-state index in [-0.39, 0.29) is 0 Å². The third kappa shape index (κ3) is 6.72.